The van der Waals surface area contributed by atoms with Crippen LogP contribution in [0, 0.1) is 13.8 Å². The monoisotopic (exact) mass is 446 g/mol. The Bertz CT molecular complexity index is 1170. The van der Waals surface area contributed by atoms with E-state index in [1.165, 1.54) is 4.88 Å². The molecule has 3 nitrogen and oxygen atoms in total. The normalized spacial score (nSPS) is 11.7. The van der Waals surface area contributed by atoms with Crippen LogP contribution in [0.5, 0.6) is 0 Å². The molecular weight excluding hydrogens is 424 g/mol. The number of halogens is 1. The van der Waals surface area contributed by atoms with Crippen LogP contribution in [0.25, 0.3) is 0 Å². The first-order chi connectivity index (χ1) is 15.0. The summed E-state index contributed by atoms with van der Waals surface area (Å²) in [6.45, 7) is 4.19. The fourth-order valence-corrected chi connectivity index (χ4v) is 4.75. The van der Waals surface area contributed by atoms with E-state index < -0.39 is 0 Å². The van der Waals surface area contributed by atoms with Gasteiger partial charge in [0.05, 0.1) is 6.04 Å². The highest BCUT2D eigenvalue weighted by molar-refractivity contribution is 7.16. The molecule has 2 N–H and O–H groups in total. The molecule has 0 fully saturated rings. The van der Waals surface area contributed by atoms with Crippen LogP contribution in [0.2, 0.25) is 5.02 Å². The minimum Gasteiger partial charge on any atom is -0.374 e. The van der Waals surface area contributed by atoms with Crippen molar-refractivity contribution in [2.24, 2.45) is 0 Å². The van der Waals surface area contributed by atoms with Gasteiger partial charge >= 0.3 is 0 Å². The number of nitrogens with one attached hydrogen (secondary N) is 2. The fourth-order valence-electron chi connectivity index (χ4n) is 3.53. The van der Waals surface area contributed by atoms with Gasteiger partial charge in [-0.15, -0.1) is 11.3 Å². The average molecular weight is 447 g/mol. The maximum Gasteiger partial charge on any atom is 0.256 e. The van der Waals surface area contributed by atoms with Crippen molar-refractivity contribution < 1.29 is 4.79 Å². The number of hydrogen-bond acceptors (Lipinski definition) is 3. The van der Waals surface area contributed by atoms with Gasteiger partial charge in [-0.1, -0.05) is 60.1 Å². The van der Waals surface area contributed by atoms with E-state index >= 15 is 0 Å². The molecule has 0 saturated carbocycles. The molecule has 1 atom stereocenters. The minimum absolute atomic E-state index is 0.113. The molecule has 4 aromatic rings. The molecule has 1 amide bonds. The molecule has 0 aliphatic carbocycles. The zero-order chi connectivity index (χ0) is 21.8. The Hall–Kier alpha value is -3.08. The lowest BCUT2D eigenvalue weighted by molar-refractivity contribution is 0.102. The molecule has 3 aromatic carbocycles. The molecular formula is C26H23ClN2OS. The van der Waals surface area contributed by atoms with Gasteiger partial charge in [0.1, 0.15) is 5.00 Å². The third-order valence-corrected chi connectivity index (χ3v) is 6.66. The number of anilines is 2. The lowest BCUT2D eigenvalue weighted by atomic mass is 9.96. The van der Waals surface area contributed by atoms with Gasteiger partial charge in [-0.2, -0.15) is 0 Å². The van der Waals surface area contributed by atoms with Crippen LogP contribution >= 0.6 is 22.9 Å². The fraction of sp³-hybridized carbons (Fsp3) is 0.115. The van der Waals surface area contributed by atoms with Crippen LogP contribution in [0.1, 0.15) is 38.0 Å². The van der Waals surface area contributed by atoms with Crippen molar-refractivity contribution >= 4 is 39.5 Å². The van der Waals surface area contributed by atoms with Crippen LogP contribution in [0.3, 0.4) is 0 Å². The number of thiophene rings is 1. The van der Waals surface area contributed by atoms with E-state index in [-0.39, 0.29) is 11.9 Å². The van der Waals surface area contributed by atoms with Gasteiger partial charge in [-0.3, -0.25) is 4.79 Å². The largest absolute Gasteiger partial charge is 0.374 e. The second-order valence-electron chi connectivity index (χ2n) is 7.34. The molecule has 1 heterocycles. The van der Waals surface area contributed by atoms with Gasteiger partial charge in [0.15, 0.2) is 0 Å². The maximum absolute atomic E-state index is 12.9. The zero-order valence-corrected chi connectivity index (χ0v) is 18.9. The number of rotatable bonds is 6. The average Bonchev–Trinajstić information content (AvgIpc) is 3.07. The van der Waals surface area contributed by atoms with Gasteiger partial charge in [0.2, 0.25) is 0 Å². The van der Waals surface area contributed by atoms with Crippen LogP contribution < -0.4 is 10.6 Å². The van der Waals surface area contributed by atoms with Crippen molar-refractivity contribution in [3.63, 3.8) is 0 Å². The summed E-state index contributed by atoms with van der Waals surface area (Å²) in [6, 6.07) is 27.1. The molecule has 0 saturated heterocycles. The third kappa shape index (κ3) is 4.82. The summed E-state index contributed by atoms with van der Waals surface area (Å²) in [5, 5.41) is 8.35. The quantitative estimate of drug-likeness (QED) is 0.322. The summed E-state index contributed by atoms with van der Waals surface area (Å²) in [5.41, 5.74) is 4.95. The van der Waals surface area contributed by atoms with E-state index in [0.29, 0.717) is 10.6 Å². The molecule has 31 heavy (non-hydrogen) atoms. The molecule has 0 aliphatic rings. The summed E-state index contributed by atoms with van der Waals surface area (Å²) >= 11 is 7.75. The number of hydrogen-bond donors (Lipinski definition) is 2. The number of benzene rings is 3. The van der Waals surface area contributed by atoms with Crippen molar-refractivity contribution in [1.29, 1.82) is 0 Å². The van der Waals surface area contributed by atoms with Crippen LogP contribution in [0.15, 0.2) is 84.9 Å². The maximum atomic E-state index is 12.9. The first-order valence-electron chi connectivity index (χ1n) is 10.1. The van der Waals surface area contributed by atoms with E-state index in [0.717, 1.165) is 27.4 Å². The molecule has 1 unspecified atom stereocenters. The summed E-state index contributed by atoms with van der Waals surface area (Å²) < 4.78 is 0. The second-order valence-corrected chi connectivity index (χ2v) is 9.00. The third-order valence-electron chi connectivity index (χ3n) is 5.27. The highest BCUT2D eigenvalue weighted by Crippen LogP contribution is 2.41. The number of carbonyl (C=O) groups is 1. The molecule has 0 aliphatic heterocycles. The van der Waals surface area contributed by atoms with Gasteiger partial charge in [0.25, 0.3) is 5.91 Å². The highest BCUT2D eigenvalue weighted by atomic mass is 35.5. The standard InChI is InChI=1S/C26H23ClN2OS/c1-17-18(2)31-26(29-25(30)20-9-5-3-6-10-20)23(17)24(19-13-15-21(27)16-14-19)28-22-11-7-4-8-12-22/h3-16,24,28H,1-2H3,(H,29,30). The summed E-state index contributed by atoms with van der Waals surface area (Å²) in [6.07, 6.45) is 0. The van der Waals surface area contributed by atoms with Crippen LogP contribution in [-0.2, 0) is 0 Å². The van der Waals surface area contributed by atoms with Crippen LogP contribution in [-0.4, -0.2) is 5.91 Å². The van der Waals surface area contributed by atoms with Gasteiger partial charge in [-0.05, 0) is 61.4 Å². The Balaban J connectivity index is 1.77. The molecule has 5 heteroatoms. The zero-order valence-electron chi connectivity index (χ0n) is 17.4. The highest BCUT2D eigenvalue weighted by Gasteiger charge is 2.25. The summed E-state index contributed by atoms with van der Waals surface area (Å²) in [4.78, 5) is 14.1. The molecule has 4 rings (SSSR count). The Morgan fingerprint density at radius 2 is 1.48 bits per heavy atom. The van der Waals surface area contributed by atoms with E-state index in [1.54, 1.807) is 11.3 Å². The first kappa shape index (κ1) is 21.2. The topological polar surface area (TPSA) is 41.1 Å². The number of para-hydroxylation sites is 1. The molecule has 0 bridgehead atoms. The van der Waals surface area contributed by atoms with Gasteiger partial charge in [-0.25, -0.2) is 0 Å². The number of amides is 1. The Morgan fingerprint density at radius 3 is 2.13 bits per heavy atom. The summed E-state index contributed by atoms with van der Waals surface area (Å²) in [5.74, 6) is -0.113. The van der Waals surface area contributed by atoms with E-state index in [1.807, 2.05) is 84.9 Å². The van der Waals surface area contributed by atoms with E-state index in [9.17, 15) is 4.79 Å². The number of aryl methyl sites for hydroxylation is 1. The van der Waals surface area contributed by atoms with Gasteiger partial charge in [0, 0.05) is 26.7 Å². The van der Waals surface area contributed by atoms with Crippen molar-refractivity contribution in [2.45, 2.75) is 19.9 Å². The lowest BCUT2D eigenvalue weighted by Crippen LogP contribution is -2.17. The minimum atomic E-state index is -0.143. The first-order valence-corrected chi connectivity index (χ1v) is 11.3. The Labute approximate surface area is 191 Å². The molecule has 1 aromatic heterocycles. The van der Waals surface area contributed by atoms with Crippen molar-refractivity contribution in [1.82, 2.24) is 0 Å². The Morgan fingerprint density at radius 1 is 0.871 bits per heavy atom. The second kappa shape index (κ2) is 9.38. The summed E-state index contributed by atoms with van der Waals surface area (Å²) in [7, 11) is 0. The smallest absolute Gasteiger partial charge is 0.256 e. The SMILES string of the molecule is Cc1sc(NC(=O)c2ccccc2)c(C(Nc2ccccc2)c2ccc(Cl)cc2)c1C. The predicted molar refractivity (Wildman–Crippen MR) is 132 cm³/mol. The van der Waals surface area contributed by atoms with Crippen molar-refractivity contribution in [3.05, 3.63) is 117 Å². The van der Waals surface area contributed by atoms with Gasteiger partial charge < -0.3 is 10.6 Å². The molecule has 0 spiro atoms. The molecule has 0 radical (unpaired) electrons. The predicted octanol–water partition coefficient (Wildman–Crippen LogP) is 7.47. The molecule has 156 valence electrons. The van der Waals surface area contributed by atoms with E-state index in [4.69, 9.17) is 11.6 Å². The van der Waals surface area contributed by atoms with Crippen molar-refractivity contribution in [2.75, 3.05) is 10.6 Å². The number of carbonyl (C=O) groups excluding carboxylic acids is 1. The lowest BCUT2D eigenvalue weighted by Gasteiger charge is -2.23. The van der Waals surface area contributed by atoms with E-state index in [2.05, 4.69) is 24.5 Å². The van der Waals surface area contributed by atoms with Crippen LogP contribution in [0.4, 0.5) is 10.7 Å². The van der Waals surface area contributed by atoms with Crippen molar-refractivity contribution in [3.8, 4) is 0 Å². The Kier molecular flexibility index (Phi) is 6.40.